The van der Waals surface area contributed by atoms with Gasteiger partial charge >= 0.3 is 0 Å². The molecule has 0 aromatic carbocycles. The molecule has 1 saturated heterocycles. The number of nitrogens with two attached hydrogens (primary N) is 1. The van der Waals surface area contributed by atoms with Crippen molar-refractivity contribution in [1.29, 1.82) is 0 Å². The van der Waals surface area contributed by atoms with Crippen molar-refractivity contribution in [2.45, 2.75) is 57.3 Å². The maximum Gasteiger partial charge on any atom is 0.168 e. The van der Waals surface area contributed by atoms with Crippen LogP contribution in [0.15, 0.2) is 6.33 Å². The van der Waals surface area contributed by atoms with Gasteiger partial charge < -0.3 is 25.4 Å². The summed E-state index contributed by atoms with van der Waals surface area (Å²) < 4.78 is 13.9. The van der Waals surface area contributed by atoms with Crippen LogP contribution in [0.5, 0.6) is 0 Å². The zero-order valence-corrected chi connectivity index (χ0v) is 14.5. The molecule has 2 fully saturated rings. The lowest BCUT2D eigenvalue weighted by Gasteiger charge is -2.37. The Kier molecular flexibility index (Phi) is 3.56. The predicted molar refractivity (Wildman–Crippen MR) is 88.3 cm³/mol. The van der Waals surface area contributed by atoms with Crippen LogP contribution in [0.3, 0.4) is 0 Å². The molecular weight excluding hydrogens is 326 g/mol. The van der Waals surface area contributed by atoms with Crippen molar-refractivity contribution in [1.82, 2.24) is 19.5 Å². The van der Waals surface area contributed by atoms with Crippen LogP contribution in [0.2, 0.25) is 0 Å². The number of aliphatic hydroxyl groups excluding tert-OH is 1. The third kappa shape index (κ3) is 2.58. The van der Waals surface area contributed by atoms with E-state index in [0.29, 0.717) is 35.6 Å². The Morgan fingerprint density at radius 2 is 2.20 bits per heavy atom. The first-order valence-electron chi connectivity index (χ1n) is 8.39. The fourth-order valence-electron chi connectivity index (χ4n) is 4.14. The minimum atomic E-state index is -1.25. The molecule has 1 aliphatic heterocycles. The third-order valence-electron chi connectivity index (χ3n) is 4.99. The number of imidazole rings is 1. The third-order valence-corrected chi connectivity index (χ3v) is 4.99. The van der Waals surface area contributed by atoms with Gasteiger partial charge in [0, 0.05) is 18.8 Å². The Morgan fingerprint density at radius 1 is 1.44 bits per heavy atom. The quantitative estimate of drug-likeness (QED) is 0.672. The van der Waals surface area contributed by atoms with Crippen molar-refractivity contribution in [3.8, 4) is 0 Å². The highest BCUT2D eigenvalue weighted by Gasteiger charge is 2.59. The van der Waals surface area contributed by atoms with Crippen molar-refractivity contribution in [3.63, 3.8) is 0 Å². The molecule has 3 heterocycles. The van der Waals surface area contributed by atoms with E-state index >= 15 is 0 Å². The first-order valence-corrected chi connectivity index (χ1v) is 8.39. The summed E-state index contributed by atoms with van der Waals surface area (Å²) in [5.74, 6) is -0.391. The highest BCUT2D eigenvalue weighted by Crippen LogP contribution is 2.53. The standard InChI is InChI=1S/C16H23N5O4/c1-8-19-13(17)12-14(20-8)21(7-18-12)16-4-9(11(6-22)25-16)10(5-16)24-15(2,3)23/h7,9-11,22-23H,4-6H2,1-3H3,(H2,17,19,20). The van der Waals surface area contributed by atoms with Gasteiger partial charge in [-0.3, -0.25) is 4.57 Å². The Hall–Kier alpha value is -1.81. The van der Waals surface area contributed by atoms with Crippen molar-refractivity contribution in [2.24, 2.45) is 5.92 Å². The van der Waals surface area contributed by atoms with E-state index in [9.17, 15) is 10.2 Å². The molecule has 2 aromatic rings. The molecule has 4 rings (SSSR count). The summed E-state index contributed by atoms with van der Waals surface area (Å²) in [5.41, 5.74) is 6.37. The number of aliphatic hydroxyl groups is 2. The molecule has 0 spiro atoms. The molecule has 9 nitrogen and oxygen atoms in total. The number of anilines is 1. The van der Waals surface area contributed by atoms with E-state index < -0.39 is 11.5 Å². The van der Waals surface area contributed by atoms with Gasteiger partial charge in [0.1, 0.15) is 11.3 Å². The van der Waals surface area contributed by atoms with Crippen molar-refractivity contribution >= 4 is 17.0 Å². The van der Waals surface area contributed by atoms with Gasteiger partial charge in [-0.15, -0.1) is 0 Å². The van der Waals surface area contributed by atoms with Gasteiger partial charge in [0.05, 0.1) is 25.1 Å². The second-order valence-electron chi connectivity index (χ2n) is 7.40. The van der Waals surface area contributed by atoms with Crippen LogP contribution in [-0.4, -0.2) is 54.3 Å². The molecule has 2 bridgehead atoms. The molecular formula is C16H23N5O4. The number of hydrogen-bond donors (Lipinski definition) is 3. The van der Waals surface area contributed by atoms with Crippen LogP contribution in [0.1, 0.15) is 32.5 Å². The predicted octanol–water partition coefficient (Wildman–Crippen LogP) is 0.284. The second-order valence-corrected chi connectivity index (χ2v) is 7.40. The molecule has 9 heteroatoms. The maximum absolute atomic E-state index is 10.0. The first kappa shape index (κ1) is 16.6. The van der Waals surface area contributed by atoms with Gasteiger partial charge in [-0.05, 0) is 20.8 Å². The lowest BCUT2D eigenvalue weighted by molar-refractivity contribution is -0.246. The fraction of sp³-hybridized carbons (Fsp3) is 0.688. The summed E-state index contributed by atoms with van der Waals surface area (Å²) in [4.78, 5) is 13.0. The van der Waals surface area contributed by atoms with Crippen molar-refractivity contribution < 1.29 is 19.7 Å². The highest BCUT2D eigenvalue weighted by molar-refractivity contribution is 5.81. The summed E-state index contributed by atoms with van der Waals surface area (Å²) in [6, 6.07) is 0. The summed E-state index contributed by atoms with van der Waals surface area (Å²) >= 11 is 0. The van der Waals surface area contributed by atoms with E-state index in [0.717, 1.165) is 0 Å². The van der Waals surface area contributed by atoms with E-state index in [-0.39, 0.29) is 24.7 Å². The number of aryl methyl sites for hydroxylation is 1. The van der Waals surface area contributed by atoms with Gasteiger partial charge in [0.15, 0.2) is 23.0 Å². The van der Waals surface area contributed by atoms with E-state index in [1.807, 2.05) is 4.57 Å². The zero-order valence-electron chi connectivity index (χ0n) is 14.5. The number of rotatable bonds is 4. The van der Waals surface area contributed by atoms with Crippen LogP contribution in [0, 0.1) is 12.8 Å². The summed E-state index contributed by atoms with van der Waals surface area (Å²) in [6.07, 6.45) is 2.24. The fourth-order valence-corrected chi connectivity index (χ4v) is 4.14. The van der Waals surface area contributed by atoms with Gasteiger partial charge in [0.25, 0.3) is 0 Å². The molecule has 25 heavy (non-hydrogen) atoms. The van der Waals surface area contributed by atoms with E-state index in [1.165, 1.54) is 0 Å². The summed E-state index contributed by atoms with van der Waals surface area (Å²) in [5, 5.41) is 19.7. The second kappa shape index (κ2) is 5.34. The monoisotopic (exact) mass is 349 g/mol. The molecule has 2 aromatic heterocycles. The Balaban J connectivity index is 1.77. The van der Waals surface area contributed by atoms with Gasteiger partial charge in [0.2, 0.25) is 0 Å². The van der Waals surface area contributed by atoms with E-state index in [4.69, 9.17) is 15.2 Å². The number of aromatic nitrogens is 4. The highest BCUT2D eigenvalue weighted by atomic mass is 16.6. The minimum Gasteiger partial charge on any atom is -0.394 e. The van der Waals surface area contributed by atoms with Gasteiger partial charge in [-0.2, -0.15) is 0 Å². The zero-order chi connectivity index (χ0) is 18.0. The summed E-state index contributed by atoms with van der Waals surface area (Å²) in [6.45, 7) is 4.87. The van der Waals surface area contributed by atoms with Gasteiger partial charge in [-0.25, -0.2) is 15.0 Å². The smallest absolute Gasteiger partial charge is 0.168 e. The molecule has 4 N–H and O–H groups in total. The van der Waals surface area contributed by atoms with Crippen LogP contribution < -0.4 is 5.73 Å². The molecule has 1 saturated carbocycles. The van der Waals surface area contributed by atoms with E-state index in [1.54, 1.807) is 27.1 Å². The Labute approximate surface area is 144 Å². The Morgan fingerprint density at radius 3 is 2.88 bits per heavy atom. The maximum atomic E-state index is 10.0. The number of nitrogens with zero attached hydrogens (tertiary/aromatic N) is 4. The number of ether oxygens (including phenoxy) is 2. The lowest BCUT2D eigenvalue weighted by atomic mass is 9.99. The normalized spacial score (nSPS) is 32.0. The van der Waals surface area contributed by atoms with Crippen molar-refractivity contribution in [2.75, 3.05) is 12.3 Å². The van der Waals surface area contributed by atoms with E-state index in [2.05, 4.69) is 15.0 Å². The molecule has 4 unspecified atom stereocenters. The average Bonchev–Trinajstić information content (AvgIpc) is 3.15. The van der Waals surface area contributed by atoms with Gasteiger partial charge in [-0.1, -0.05) is 0 Å². The van der Waals surface area contributed by atoms with Crippen LogP contribution in [0.4, 0.5) is 5.82 Å². The number of hydrogen-bond acceptors (Lipinski definition) is 8. The SMILES string of the molecule is Cc1nc(N)c2ncn(C34CC(OC(C)(C)O)C(C3)C(CO)O4)c2n1. The molecule has 0 radical (unpaired) electrons. The summed E-state index contributed by atoms with van der Waals surface area (Å²) in [7, 11) is 0. The number of nitrogen functional groups attached to an aromatic ring is 1. The van der Waals surface area contributed by atoms with Crippen LogP contribution in [-0.2, 0) is 15.2 Å². The molecule has 2 aliphatic rings. The van der Waals surface area contributed by atoms with Crippen LogP contribution in [0.25, 0.3) is 11.2 Å². The Bertz CT molecular complexity index is 817. The number of fused-ring (bicyclic) bond motifs is 3. The molecule has 0 amide bonds. The average molecular weight is 349 g/mol. The first-order chi connectivity index (χ1) is 11.7. The minimum absolute atomic E-state index is 0.0193. The topological polar surface area (TPSA) is 129 Å². The molecule has 1 aliphatic carbocycles. The van der Waals surface area contributed by atoms with Crippen molar-refractivity contribution in [3.05, 3.63) is 12.2 Å². The molecule has 4 atom stereocenters. The molecule has 136 valence electrons. The largest absolute Gasteiger partial charge is 0.394 e. The van der Waals surface area contributed by atoms with Crippen LogP contribution >= 0.6 is 0 Å². The lowest BCUT2D eigenvalue weighted by Crippen LogP contribution is -2.44.